The summed E-state index contributed by atoms with van der Waals surface area (Å²) in [6, 6.07) is 8.01. The maximum absolute atomic E-state index is 11.9. The molecular formula is C13H17BrN2O. The number of amides is 1. The molecule has 0 aromatic heterocycles. The smallest absolute Gasteiger partial charge is 0.224 e. The van der Waals surface area contributed by atoms with E-state index in [4.69, 9.17) is 0 Å². The second-order valence-electron chi connectivity index (χ2n) is 4.39. The van der Waals surface area contributed by atoms with Crippen LogP contribution >= 0.6 is 15.9 Å². The third-order valence-electron chi connectivity index (χ3n) is 3.02. The molecule has 2 rings (SSSR count). The van der Waals surface area contributed by atoms with Gasteiger partial charge in [0, 0.05) is 17.6 Å². The largest absolute Gasteiger partial charge is 0.352 e. The molecule has 0 spiro atoms. The van der Waals surface area contributed by atoms with Crippen LogP contribution in [0.3, 0.4) is 0 Å². The molecule has 17 heavy (non-hydrogen) atoms. The van der Waals surface area contributed by atoms with Crippen molar-refractivity contribution in [2.45, 2.75) is 19.4 Å². The van der Waals surface area contributed by atoms with Crippen molar-refractivity contribution in [1.82, 2.24) is 10.6 Å². The standard InChI is InChI=1S/C13H17BrN2O/c14-12-5-1-3-10(7-12)8-16-13(17)11-4-2-6-15-9-11/h1,3,5,7,11,15H,2,4,6,8-9H2,(H,16,17)/t11-/m0/s1. The molecule has 1 heterocycles. The number of nitrogens with one attached hydrogen (secondary N) is 2. The number of carbonyl (C=O) groups excluding carboxylic acids is 1. The van der Waals surface area contributed by atoms with Crippen molar-refractivity contribution in [2.75, 3.05) is 13.1 Å². The minimum absolute atomic E-state index is 0.135. The third kappa shape index (κ3) is 3.82. The zero-order valence-corrected chi connectivity index (χ0v) is 11.3. The molecule has 1 aromatic rings. The highest BCUT2D eigenvalue weighted by Crippen LogP contribution is 2.13. The van der Waals surface area contributed by atoms with E-state index in [1.54, 1.807) is 0 Å². The zero-order valence-electron chi connectivity index (χ0n) is 9.71. The van der Waals surface area contributed by atoms with Crippen molar-refractivity contribution in [2.24, 2.45) is 5.92 Å². The molecule has 0 saturated carbocycles. The van der Waals surface area contributed by atoms with Crippen molar-refractivity contribution in [3.05, 3.63) is 34.3 Å². The first-order chi connectivity index (χ1) is 8.25. The molecule has 1 atom stereocenters. The van der Waals surface area contributed by atoms with Crippen LogP contribution in [0.2, 0.25) is 0 Å². The molecule has 0 unspecified atom stereocenters. The third-order valence-corrected chi connectivity index (χ3v) is 3.52. The van der Waals surface area contributed by atoms with Crippen LogP contribution in [0.25, 0.3) is 0 Å². The Kier molecular flexibility index (Phi) is 4.57. The Morgan fingerprint density at radius 1 is 1.53 bits per heavy atom. The van der Waals surface area contributed by atoms with Crippen molar-refractivity contribution in [1.29, 1.82) is 0 Å². The van der Waals surface area contributed by atoms with Gasteiger partial charge in [0.15, 0.2) is 0 Å². The molecule has 1 aliphatic rings. The van der Waals surface area contributed by atoms with Crippen LogP contribution < -0.4 is 10.6 Å². The van der Waals surface area contributed by atoms with E-state index in [-0.39, 0.29) is 11.8 Å². The Hall–Kier alpha value is -0.870. The molecule has 92 valence electrons. The number of piperidine rings is 1. The molecule has 1 aromatic carbocycles. The van der Waals surface area contributed by atoms with E-state index >= 15 is 0 Å². The first-order valence-corrected chi connectivity index (χ1v) is 6.78. The highest BCUT2D eigenvalue weighted by Gasteiger charge is 2.20. The van der Waals surface area contributed by atoms with Crippen molar-refractivity contribution in [3.8, 4) is 0 Å². The monoisotopic (exact) mass is 296 g/mol. The van der Waals surface area contributed by atoms with Gasteiger partial charge in [-0.15, -0.1) is 0 Å². The topological polar surface area (TPSA) is 41.1 Å². The van der Waals surface area contributed by atoms with Gasteiger partial charge < -0.3 is 10.6 Å². The number of halogens is 1. The number of carbonyl (C=O) groups is 1. The maximum Gasteiger partial charge on any atom is 0.224 e. The lowest BCUT2D eigenvalue weighted by Gasteiger charge is -2.21. The fourth-order valence-corrected chi connectivity index (χ4v) is 2.50. The summed E-state index contributed by atoms with van der Waals surface area (Å²) in [6.07, 6.45) is 2.09. The molecule has 2 N–H and O–H groups in total. The van der Waals surface area contributed by atoms with Crippen LogP contribution in [0.1, 0.15) is 18.4 Å². The van der Waals surface area contributed by atoms with E-state index in [2.05, 4.69) is 26.6 Å². The Morgan fingerprint density at radius 3 is 3.12 bits per heavy atom. The van der Waals surface area contributed by atoms with Gasteiger partial charge in [0.1, 0.15) is 0 Å². The first-order valence-electron chi connectivity index (χ1n) is 5.98. The second-order valence-corrected chi connectivity index (χ2v) is 5.31. The fourth-order valence-electron chi connectivity index (χ4n) is 2.06. The molecule has 0 aliphatic carbocycles. The van der Waals surface area contributed by atoms with Crippen LogP contribution in [0.5, 0.6) is 0 Å². The Balaban J connectivity index is 1.83. The van der Waals surface area contributed by atoms with Crippen LogP contribution in [0.15, 0.2) is 28.7 Å². The normalized spacial score (nSPS) is 19.9. The highest BCUT2D eigenvalue weighted by atomic mass is 79.9. The lowest BCUT2D eigenvalue weighted by molar-refractivity contribution is -0.125. The number of rotatable bonds is 3. The van der Waals surface area contributed by atoms with Gasteiger partial charge in [-0.3, -0.25) is 4.79 Å². The van der Waals surface area contributed by atoms with E-state index < -0.39 is 0 Å². The molecule has 4 heteroatoms. The van der Waals surface area contributed by atoms with Crippen LogP contribution in [0.4, 0.5) is 0 Å². The predicted molar refractivity (Wildman–Crippen MR) is 71.6 cm³/mol. The van der Waals surface area contributed by atoms with Crippen molar-refractivity contribution < 1.29 is 4.79 Å². The van der Waals surface area contributed by atoms with Crippen LogP contribution in [0, 0.1) is 5.92 Å². The molecule has 0 bridgehead atoms. The lowest BCUT2D eigenvalue weighted by atomic mass is 9.99. The molecule has 3 nitrogen and oxygen atoms in total. The molecule has 0 radical (unpaired) electrons. The van der Waals surface area contributed by atoms with Gasteiger partial charge in [-0.25, -0.2) is 0 Å². The summed E-state index contributed by atoms with van der Waals surface area (Å²) in [5, 5.41) is 6.25. The summed E-state index contributed by atoms with van der Waals surface area (Å²) >= 11 is 3.42. The highest BCUT2D eigenvalue weighted by molar-refractivity contribution is 9.10. The van der Waals surface area contributed by atoms with Gasteiger partial charge in [-0.05, 0) is 37.1 Å². The van der Waals surface area contributed by atoms with Gasteiger partial charge in [0.05, 0.1) is 5.92 Å². The number of benzene rings is 1. The fraction of sp³-hybridized carbons (Fsp3) is 0.462. The van der Waals surface area contributed by atoms with Gasteiger partial charge in [-0.2, -0.15) is 0 Å². The SMILES string of the molecule is O=C(NCc1cccc(Br)c1)[C@H]1CCCNC1. The molecule has 1 fully saturated rings. The van der Waals surface area contributed by atoms with Crippen molar-refractivity contribution >= 4 is 21.8 Å². The average Bonchev–Trinajstić information content (AvgIpc) is 2.37. The van der Waals surface area contributed by atoms with Crippen LogP contribution in [-0.4, -0.2) is 19.0 Å². The quantitative estimate of drug-likeness (QED) is 0.896. The maximum atomic E-state index is 11.9. The summed E-state index contributed by atoms with van der Waals surface area (Å²) in [7, 11) is 0. The summed E-state index contributed by atoms with van der Waals surface area (Å²) < 4.78 is 1.04. The summed E-state index contributed by atoms with van der Waals surface area (Å²) in [5.41, 5.74) is 1.12. The van der Waals surface area contributed by atoms with Gasteiger partial charge in [-0.1, -0.05) is 28.1 Å². The minimum Gasteiger partial charge on any atom is -0.352 e. The van der Waals surface area contributed by atoms with E-state index in [1.807, 2.05) is 24.3 Å². The number of hydrogen-bond acceptors (Lipinski definition) is 2. The lowest BCUT2D eigenvalue weighted by Crippen LogP contribution is -2.40. The summed E-state index contributed by atoms with van der Waals surface area (Å²) in [6.45, 7) is 2.45. The molecular weight excluding hydrogens is 280 g/mol. The zero-order chi connectivity index (χ0) is 12.1. The Labute approximate surface area is 110 Å². The van der Waals surface area contributed by atoms with E-state index in [0.717, 1.165) is 36.0 Å². The Morgan fingerprint density at radius 2 is 2.41 bits per heavy atom. The molecule has 1 aliphatic heterocycles. The molecule has 1 amide bonds. The predicted octanol–water partition coefficient (Wildman–Crippen LogP) is 2.06. The number of hydrogen-bond donors (Lipinski definition) is 2. The van der Waals surface area contributed by atoms with Crippen molar-refractivity contribution in [3.63, 3.8) is 0 Å². The van der Waals surface area contributed by atoms with E-state index in [9.17, 15) is 4.79 Å². The second kappa shape index (κ2) is 6.17. The summed E-state index contributed by atoms with van der Waals surface area (Å²) in [5.74, 6) is 0.299. The average molecular weight is 297 g/mol. The van der Waals surface area contributed by atoms with Gasteiger partial charge >= 0.3 is 0 Å². The van der Waals surface area contributed by atoms with Gasteiger partial charge in [0.25, 0.3) is 0 Å². The molecule has 1 saturated heterocycles. The summed E-state index contributed by atoms with van der Waals surface area (Å²) in [4.78, 5) is 11.9. The van der Waals surface area contributed by atoms with E-state index in [0.29, 0.717) is 6.54 Å². The van der Waals surface area contributed by atoms with Crippen LogP contribution in [-0.2, 0) is 11.3 Å². The van der Waals surface area contributed by atoms with E-state index in [1.165, 1.54) is 0 Å². The van der Waals surface area contributed by atoms with Gasteiger partial charge in [0.2, 0.25) is 5.91 Å². The minimum atomic E-state index is 0.135. The Bertz CT molecular complexity index is 389. The first kappa shape index (κ1) is 12.6.